The maximum absolute atomic E-state index is 11.8. The number of aliphatic hydroxyl groups excluding tert-OH is 1. The number of hydrogen-bond acceptors (Lipinski definition) is 5. The molecule has 1 saturated heterocycles. The zero-order valence-electron chi connectivity index (χ0n) is 11.1. The van der Waals surface area contributed by atoms with Crippen molar-refractivity contribution < 1.29 is 14.6 Å². The van der Waals surface area contributed by atoms with Crippen LogP contribution in [-0.4, -0.2) is 37.9 Å². The van der Waals surface area contributed by atoms with E-state index < -0.39 is 0 Å². The van der Waals surface area contributed by atoms with E-state index in [-0.39, 0.29) is 12.6 Å². The van der Waals surface area contributed by atoms with Crippen molar-refractivity contribution in [2.24, 2.45) is 5.92 Å². The number of carbonyl (C=O) groups excluding carboxylic acids is 1. The van der Waals surface area contributed by atoms with Crippen molar-refractivity contribution in [1.29, 1.82) is 0 Å². The highest BCUT2D eigenvalue weighted by atomic mass is 16.5. The van der Waals surface area contributed by atoms with Crippen LogP contribution in [0.2, 0.25) is 0 Å². The predicted octanol–water partition coefficient (Wildman–Crippen LogP) is 1.26. The molecule has 1 heterocycles. The Bertz CT molecular complexity index is 454. The van der Waals surface area contributed by atoms with Gasteiger partial charge in [-0.05, 0) is 30.9 Å². The largest absolute Gasteiger partial charge is 0.465 e. The van der Waals surface area contributed by atoms with Gasteiger partial charge >= 0.3 is 5.97 Å². The standard InChI is InChI=1S/C14H20N2O3/c1-19-14(18)11-3-2-4-12(15)13(11)16-7-5-10(9-17)6-8-16/h2-4,10,17H,5-9,15H2,1H3. The van der Waals surface area contributed by atoms with Gasteiger partial charge in [-0.3, -0.25) is 0 Å². The van der Waals surface area contributed by atoms with Crippen molar-refractivity contribution >= 4 is 17.3 Å². The molecule has 3 N–H and O–H groups in total. The summed E-state index contributed by atoms with van der Waals surface area (Å²) in [5, 5.41) is 9.17. The first-order valence-corrected chi connectivity index (χ1v) is 6.50. The highest BCUT2D eigenvalue weighted by Crippen LogP contribution is 2.31. The van der Waals surface area contributed by atoms with Gasteiger partial charge in [0.25, 0.3) is 0 Å². The Kier molecular flexibility index (Phi) is 4.27. The summed E-state index contributed by atoms with van der Waals surface area (Å²) in [5.74, 6) is -0.0191. The number of anilines is 2. The van der Waals surface area contributed by atoms with Crippen LogP contribution in [0.25, 0.3) is 0 Å². The van der Waals surface area contributed by atoms with Gasteiger partial charge in [-0.25, -0.2) is 4.79 Å². The Morgan fingerprint density at radius 1 is 1.47 bits per heavy atom. The number of esters is 1. The SMILES string of the molecule is COC(=O)c1cccc(N)c1N1CCC(CO)CC1. The molecular weight excluding hydrogens is 244 g/mol. The van der Waals surface area contributed by atoms with E-state index in [1.807, 2.05) is 0 Å². The van der Waals surface area contributed by atoms with Gasteiger partial charge in [-0.15, -0.1) is 0 Å². The number of benzene rings is 1. The van der Waals surface area contributed by atoms with E-state index in [0.717, 1.165) is 31.6 Å². The maximum atomic E-state index is 11.8. The topological polar surface area (TPSA) is 75.8 Å². The number of para-hydroxylation sites is 1. The first kappa shape index (κ1) is 13.7. The van der Waals surface area contributed by atoms with E-state index in [9.17, 15) is 4.79 Å². The van der Waals surface area contributed by atoms with Gasteiger partial charge in [0.05, 0.1) is 24.0 Å². The summed E-state index contributed by atoms with van der Waals surface area (Å²) >= 11 is 0. The van der Waals surface area contributed by atoms with Crippen LogP contribution in [-0.2, 0) is 4.74 Å². The summed E-state index contributed by atoms with van der Waals surface area (Å²) in [6.07, 6.45) is 1.82. The molecule has 0 unspecified atom stereocenters. The average molecular weight is 264 g/mol. The molecule has 1 aromatic carbocycles. The zero-order chi connectivity index (χ0) is 13.8. The molecule has 1 aliphatic heterocycles. The molecule has 0 saturated carbocycles. The Morgan fingerprint density at radius 2 is 2.16 bits per heavy atom. The van der Waals surface area contributed by atoms with Crippen LogP contribution in [0.1, 0.15) is 23.2 Å². The quantitative estimate of drug-likeness (QED) is 0.635. The summed E-state index contributed by atoms with van der Waals surface area (Å²) in [4.78, 5) is 13.9. The molecule has 0 radical (unpaired) electrons. The first-order chi connectivity index (χ1) is 9.17. The van der Waals surface area contributed by atoms with Crippen molar-refractivity contribution in [3.8, 4) is 0 Å². The van der Waals surface area contributed by atoms with E-state index in [2.05, 4.69) is 4.90 Å². The molecule has 0 aliphatic carbocycles. The third kappa shape index (κ3) is 2.81. The average Bonchev–Trinajstić information content (AvgIpc) is 2.46. The highest BCUT2D eigenvalue weighted by molar-refractivity contribution is 5.99. The lowest BCUT2D eigenvalue weighted by Crippen LogP contribution is -2.36. The normalized spacial score (nSPS) is 16.4. The lowest BCUT2D eigenvalue weighted by Gasteiger charge is -2.34. The second kappa shape index (κ2) is 5.93. The van der Waals surface area contributed by atoms with Crippen molar-refractivity contribution in [2.75, 3.05) is 37.4 Å². The molecule has 2 rings (SSSR count). The number of rotatable bonds is 3. The van der Waals surface area contributed by atoms with E-state index >= 15 is 0 Å². The molecule has 0 aromatic heterocycles. The number of methoxy groups -OCH3 is 1. The van der Waals surface area contributed by atoms with Crippen molar-refractivity contribution in [3.63, 3.8) is 0 Å². The van der Waals surface area contributed by atoms with E-state index in [1.54, 1.807) is 18.2 Å². The summed E-state index contributed by atoms with van der Waals surface area (Å²) in [5.41, 5.74) is 7.86. The zero-order valence-corrected chi connectivity index (χ0v) is 11.1. The van der Waals surface area contributed by atoms with E-state index in [1.165, 1.54) is 7.11 Å². The molecule has 5 nitrogen and oxygen atoms in total. The minimum atomic E-state index is -0.369. The number of nitrogens with zero attached hydrogens (tertiary/aromatic N) is 1. The van der Waals surface area contributed by atoms with Crippen LogP contribution in [0.15, 0.2) is 18.2 Å². The van der Waals surface area contributed by atoms with Gasteiger partial charge < -0.3 is 20.5 Å². The lowest BCUT2D eigenvalue weighted by molar-refractivity contribution is 0.0601. The Balaban J connectivity index is 2.26. The van der Waals surface area contributed by atoms with Gasteiger partial charge in [0, 0.05) is 19.7 Å². The second-order valence-corrected chi connectivity index (χ2v) is 4.85. The van der Waals surface area contributed by atoms with Crippen LogP contribution >= 0.6 is 0 Å². The molecule has 0 spiro atoms. The molecular formula is C14H20N2O3. The van der Waals surface area contributed by atoms with Crippen LogP contribution in [0.3, 0.4) is 0 Å². The van der Waals surface area contributed by atoms with E-state index in [4.69, 9.17) is 15.6 Å². The fourth-order valence-electron chi connectivity index (χ4n) is 2.53. The number of carbonyl (C=O) groups is 1. The van der Waals surface area contributed by atoms with Gasteiger partial charge in [0.1, 0.15) is 0 Å². The Hall–Kier alpha value is -1.75. The number of hydrogen-bond donors (Lipinski definition) is 2. The number of aliphatic hydroxyl groups is 1. The van der Waals surface area contributed by atoms with Crippen molar-refractivity contribution in [2.45, 2.75) is 12.8 Å². The van der Waals surface area contributed by atoms with Gasteiger partial charge in [-0.2, -0.15) is 0 Å². The summed E-state index contributed by atoms with van der Waals surface area (Å²) in [6.45, 7) is 1.81. The van der Waals surface area contributed by atoms with Crippen LogP contribution in [0.5, 0.6) is 0 Å². The minimum Gasteiger partial charge on any atom is -0.465 e. The third-order valence-electron chi connectivity index (χ3n) is 3.66. The highest BCUT2D eigenvalue weighted by Gasteiger charge is 2.24. The van der Waals surface area contributed by atoms with E-state index in [0.29, 0.717) is 17.2 Å². The minimum absolute atomic E-state index is 0.224. The summed E-state index contributed by atoms with van der Waals surface area (Å²) < 4.78 is 4.80. The molecule has 5 heteroatoms. The van der Waals surface area contributed by atoms with Gasteiger partial charge in [0.15, 0.2) is 0 Å². The number of nitrogens with two attached hydrogens (primary N) is 1. The lowest BCUT2D eigenvalue weighted by atomic mass is 9.96. The van der Waals surface area contributed by atoms with Crippen LogP contribution in [0, 0.1) is 5.92 Å². The maximum Gasteiger partial charge on any atom is 0.340 e. The molecule has 0 atom stereocenters. The van der Waals surface area contributed by atoms with Crippen molar-refractivity contribution in [1.82, 2.24) is 0 Å². The van der Waals surface area contributed by atoms with Crippen LogP contribution < -0.4 is 10.6 Å². The fraction of sp³-hybridized carbons (Fsp3) is 0.500. The first-order valence-electron chi connectivity index (χ1n) is 6.50. The Labute approximate surface area is 113 Å². The van der Waals surface area contributed by atoms with Crippen molar-refractivity contribution in [3.05, 3.63) is 23.8 Å². The summed E-state index contributed by atoms with van der Waals surface area (Å²) in [6, 6.07) is 5.28. The number of ether oxygens (including phenoxy) is 1. The number of nitrogen functional groups attached to an aromatic ring is 1. The third-order valence-corrected chi connectivity index (χ3v) is 3.66. The molecule has 0 amide bonds. The molecule has 1 aliphatic rings. The van der Waals surface area contributed by atoms with Gasteiger partial charge in [0.2, 0.25) is 0 Å². The Morgan fingerprint density at radius 3 is 2.74 bits per heavy atom. The molecule has 1 aromatic rings. The fourth-order valence-corrected chi connectivity index (χ4v) is 2.53. The monoisotopic (exact) mass is 264 g/mol. The second-order valence-electron chi connectivity index (χ2n) is 4.85. The molecule has 0 bridgehead atoms. The number of piperidine rings is 1. The smallest absolute Gasteiger partial charge is 0.340 e. The molecule has 104 valence electrons. The molecule has 1 fully saturated rings. The van der Waals surface area contributed by atoms with Crippen LogP contribution in [0.4, 0.5) is 11.4 Å². The molecule has 19 heavy (non-hydrogen) atoms. The summed E-state index contributed by atoms with van der Waals surface area (Å²) in [7, 11) is 1.37. The van der Waals surface area contributed by atoms with Gasteiger partial charge in [-0.1, -0.05) is 6.07 Å². The predicted molar refractivity (Wildman–Crippen MR) is 74.2 cm³/mol.